The highest BCUT2D eigenvalue weighted by Crippen LogP contribution is 2.46. The quantitative estimate of drug-likeness (QED) is 0.913. The van der Waals surface area contributed by atoms with Gasteiger partial charge in [0.1, 0.15) is 0 Å². The summed E-state index contributed by atoms with van der Waals surface area (Å²) < 4.78 is 21.8. The second-order valence-electron chi connectivity index (χ2n) is 5.53. The van der Waals surface area contributed by atoms with Crippen LogP contribution in [0, 0.1) is 0 Å². The molecule has 0 saturated heterocycles. The van der Waals surface area contributed by atoms with Crippen molar-refractivity contribution in [2.45, 2.75) is 25.2 Å². The molecule has 6 nitrogen and oxygen atoms in total. The Hall–Kier alpha value is -2.37. The molecule has 1 atom stereocenters. The molecule has 0 aliphatic heterocycles. The highest BCUT2D eigenvalue weighted by Gasteiger charge is 2.30. The zero-order valence-electron chi connectivity index (χ0n) is 13.9. The maximum Gasteiger partial charge on any atom is 0.228 e. The molecule has 23 heavy (non-hydrogen) atoms. The van der Waals surface area contributed by atoms with Crippen molar-refractivity contribution in [3.05, 3.63) is 29.0 Å². The van der Waals surface area contributed by atoms with E-state index in [-0.39, 0.29) is 5.92 Å². The van der Waals surface area contributed by atoms with Crippen molar-refractivity contribution in [1.29, 1.82) is 0 Å². The van der Waals surface area contributed by atoms with Crippen molar-refractivity contribution in [1.82, 2.24) is 5.16 Å². The molecule has 124 valence electrons. The van der Waals surface area contributed by atoms with E-state index < -0.39 is 0 Å². The predicted molar refractivity (Wildman–Crippen MR) is 86.9 cm³/mol. The molecule has 2 aromatic rings. The standard InChI is InChI=1S/C17H22N2O4/c1-18-17-15-11(6-5-7-12(15)19-23-17)10-8-13(20-2)16(22-4)14(9-10)21-3/h8-9,11,18H,5-7H2,1-4H3. The molecule has 0 fully saturated rings. The van der Waals surface area contributed by atoms with E-state index in [1.807, 2.05) is 19.2 Å². The van der Waals surface area contributed by atoms with Gasteiger partial charge in [-0.2, -0.15) is 0 Å². The van der Waals surface area contributed by atoms with Crippen molar-refractivity contribution in [3.8, 4) is 17.2 Å². The molecule has 6 heteroatoms. The van der Waals surface area contributed by atoms with Crippen LogP contribution in [0.2, 0.25) is 0 Å². The van der Waals surface area contributed by atoms with Crippen molar-refractivity contribution < 1.29 is 18.7 Å². The van der Waals surface area contributed by atoms with Gasteiger partial charge in [0, 0.05) is 18.5 Å². The van der Waals surface area contributed by atoms with Gasteiger partial charge in [-0.15, -0.1) is 0 Å². The predicted octanol–water partition coefficient (Wildman–Crippen LogP) is 3.21. The minimum atomic E-state index is 0.196. The molecular formula is C17H22N2O4. The summed E-state index contributed by atoms with van der Waals surface area (Å²) in [6.45, 7) is 0. The molecule has 0 radical (unpaired) electrons. The number of hydrogen-bond acceptors (Lipinski definition) is 6. The van der Waals surface area contributed by atoms with Crippen LogP contribution in [0.15, 0.2) is 16.7 Å². The third kappa shape index (κ3) is 2.58. The molecule has 0 spiro atoms. The Bertz CT molecular complexity index is 657. The zero-order valence-corrected chi connectivity index (χ0v) is 13.9. The zero-order chi connectivity index (χ0) is 16.4. The summed E-state index contributed by atoms with van der Waals surface area (Å²) in [5, 5.41) is 7.30. The Morgan fingerprint density at radius 3 is 2.39 bits per heavy atom. The van der Waals surface area contributed by atoms with Gasteiger partial charge in [-0.3, -0.25) is 0 Å². The van der Waals surface area contributed by atoms with Crippen LogP contribution in [0.3, 0.4) is 0 Å². The summed E-state index contributed by atoms with van der Waals surface area (Å²) in [5.41, 5.74) is 3.27. The Morgan fingerprint density at radius 2 is 1.83 bits per heavy atom. The average Bonchev–Trinajstić information content (AvgIpc) is 3.03. The van der Waals surface area contributed by atoms with Gasteiger partial charge in [0.2, 0.25) is 11.6 Å². The minimum Gasteiger partial charge on any atom is -0.493 e. The molecular weight excluding hydrogens is 296 g/mol. The van der Waals surface area contributed by atoms with Gasteiger partial charge in [0.25, 0.3) is 0 Å². The molecule has 1 N–H and O–H groups in total. The number of hydrogen-bond donors (Lipinski definition) is 1. The lowest BCUT2D eigenvalue weighted by Gasteiger charge is -2.24. The topological polar surface area (TPSA) is 65.8 Å². The van der Waals surface area contributed by atoms with Gasteiger partial charge in [0.15, 0.2) is 11.5 Å². The van der Waals surface area contributed by atoms with Crippen LogP contribution in [-0.2, 0) is 6.42 Å². The number of rotatable bonds is 5. The number of anilines is 1. The first kappa shape index (κ1) is 15.5. The fourth-order valence-corrected chi connectivity index (χ4v) is 3.30. The smallest absolute Gasteiger partial charge is 0.228 e. The maximum absolute atomic E-state index is 5.48. The third-order valence-corrected chi connectivity index (χ3v) is 4.37. The van der Waals surface area contributed by atoms with Gasteiger partial charge in [0.05, 0.1) is 27.0 Å². The van der Waals surface area contributed by atoms with Gasteiger partial charge in [-0.1, -0.05) is 5.16 Å². The van der Waals surface area contributed by atoms with Gasteiger partial charge in [-0.25, -0.2) is 0 Å². The summed E-state index contributed by atoms with van der Waals surface area (Å²) in [6.07, 6.45) is 3.05. The van der Waals surface area contributed by atoms with Crippen LogP contribution < -0.4 is 19.5 Å². The van der Waals surface area contributed by atoms with Crippen LogP contribution in [-0.4, -0.2) is 33.5 Å². The van der Waals surface area contributed by atoms with E-state index in [0.717, 1.165) is 42.0 Å². The lowest BCUT2D eigenvalue weighted by molar-refractivity contribution is 0.323. The molecule has 1 unspecified atom stereocenters. The maximum atomic E-state index is 5.48. The monoisotopic (exact) mass is 318 g/mol. The van der Waals surface area contributed by atoms with Crippen molar-refractivity contribution in [2.24, 2.45) is 0 Å². The SMILES string of the molecule is CNc1onc2c1C(c1cc(OC)c(OC)c(OC)c1)CCC2. The Morgan fingerprint density at radius 1 is 1.13 bits per heavy atom. The van der Waals surface area contributed by atoms with E-state index in [1.165, 1.54) is 0 Å². The molecule has 3 rings (SSSR count). The second kappa shape index (κ2) is 6.40. The van der Waals surface area contributed by atoms with E-state index >= 15 is 0 Å². The summed E-state index contributed by atoms with van der Waals surface area (Å²) in [5.74, 6) is 2.86. The molecule has 1 aromatic carbocycles. The highest BCUT2D eigenvalue weighted by molar-refractivity contribution is 5.58. The van der Waals surface area contributed by atoms with Crippen LogP contribution in [0.25, 0.3) is 0 Å². The van der Waals surface area contributed by atoms with Crippen LogP contribution in [0.4, 0.5) is 5.88 Å². The van der Waals surface area contributed by atoms with Crippen molar-refractivity contribution in [2.75, 3.05) is 33.7 Å². The first-order valence-corrected chi connectivity index (χ1v) is 7.69. The summed E-state index contributed by atoms with van der Waals surface area (Å²) in [4.78, 5) is 0. The first-order valence-electron chi connectivity index (χ1n) is 7.69. The Labute approximate surface area is 135 Å². The Kier molecular flexibility index (Phi) is 4.32. The lowest BCUT2D eigenvalue weighted by atomic mass is 9.81. The number of nitrogens with one attached hydrogen (secondary N) is 1. The number of ether oxygens (including phenoxy) is 3. The van der Waals surface area contributed by atoms with E-state index in [2.05, 4.69) is 10.5 Å². The van der Waals surface area contributed by atoms with Crippen LogP contribution in [0.1, 0.15) is 35.6 Å². The molecule has 1 aliphatic carbocycles. The van der Waals surface area contributed by atoms with E-state index in [1.54, 1.807) is 21.3 Å². The first-order chi connectivity index (χ1) is 11.2. The van der Waals surface area contributed by atoms with Gasteiger partial charge < -0.3 is 24.1 Å². The largest absolute Gasteiger partial charge is 0.493 e. The summed E-state index contributed by atoms with van der Waals surface area (Å²) in [7, 11) is 6.72. The second-order valence-corrected chi connectivity index (χ2v) is 5.53. The summed E-state index contributed by atoms with van der Waals surface area (Å²) in [6, 6.07) is 4.01. The average molecular weight is 318 g/mol. The lowest BCUT2D eigenvalue weighted by Crippen LogP contribution is -2.12. The normalized spacial score (nSPS) is 16.6. The van der Waals surface area contributed by atoms with Gasteiger partial charge >= 0.3 is 0 Å². The summed E-state index contributed by atoms with van der Waals surface area (Å²) >= 11 is 0. The fourth-order valence-electron chi connectivity index (χ4n) is 3.30. The van der Waals surface area contributed by atoms with E-state index in [9.17, 15) is 0 Å². The number of fused-ring (bicyclic) bond motifs is 1. The van der Waals surface area contributed by atoms with Gasteiger partial charge in [-0.05, 0) is 37.0 Å². The number of methoxy groups -OCH3 is 3. The molecule has 0 saturated carbocycles. The number of benzene rings is 1. The number of aromatic nitrogens is 1. The minimum absolute atomic E-state index is 0.196. The van der Waals surface area contributed by atoms with E-state index in [4.69, 9.17) is 18.7 Å². The van der Waals surface area contributed by atoms with Crippen molar-refractivity contribution >= 4 is 5.88 Å². The molecule has 1 aliphatic rings. The van der Waals surface area contributed by atoms with Crippen molar-refractivity contribution in [3.63, 3.8) is 0 Å². The third-order valence-electron chi connectivity index (χ3n) is 4.37. The number of aryl methyl sites for hydroxylation is 1. The molecule has 1 heterocycles. The highest BCUT2D eigenvalue weighted by atomic mass is 16.5. The molecule has 0 amide bonds. The molecule has 1 aromatic heterocycles. The van der Waals surface area contributed by atoms with Crippen LogP contribution >= 0.6 is 0 Å². The fraction of sp³-hybridized carbons (Fsp3) is 0.471. The van der Waals surface area contributed by atoms with Crippen LogP contribution in [0.5, 0.6) is 17.2 Å². The number of nitrogens with zero attached hydrogens (tertiary/aromatic N) is 1. The van der Waals surface area contributed by atoms with E-state index in [0.29, 0.717) is 17.2 Å². The Balaban J connectivity index is 2.11. The molecule has 0 bridgehead atoms.